The smallest absolute Gasteiger partial charge is 0.0367 e. The molecule has 3 heterocycles. The summed E-state index contributed by atoms with van der Waals surface area (Å²) in [5.74, 6) is 0. The van der Waals surface area contributed by atoms with Gasteiger partial charge in [0.15, 0.2) is 0 Å². The maximum absolute atomic E-state index is 2.79. The second-order valence-electron chi connectivity index (χ2n) is 8.82. The molecule has 28 heavy (non-hydrogen) atoms. The van der Waals surface area contributed by atoms with Crippen LogP contribution in [0, 0.1) is 0 Å². The van der Waals surface area contributed by atoms with Gasteiger partial charge in [0.25, 0.3) is 0 Å². The van der Waals surface area contributed by atoms with E-state index in [-0.39, 0.29) is 0 Å². The molecule has 5 rings (SSSR count). The van der Waals surface area contributed by atoms with Gasteiger partial charge in [-0.05, 0) is 55.5 Å². The number of para-hydroxylation sites is 1. The fourth-order valence-corrected chi connectivity index (χ4v) is 5.52. The number of rotatable bonds is 4. The Labute approximate surface area is 169 Å². The molecule has 0 radical (unpaired) electrons. The largest absolute Gasteiger partial charge is 0.369 e. The van der Waals surface area contributed by atoms with Gasteiger partial charge in [-0.15, -0.1) is 0 Å². The number of piperidine rings is 1. The topological polar surface area (TPSA) is 9.72 Å². The van der Waals surface area contributed by atoms with E-state index in [1.54, 1.807) is 5.56 Å². The Hall–Kier alpha value is -1.84. The van der Waals surface area contributed by atoms with E-state index in [0.717, 1.165) is 38.8 Å². The number of fused-ring (bicyclic) bond motifs is 1. The molecule has 0 amide bonds. The highest BCUT2D eigenvalue weighted by Gasteiger charge is 2.35. The zero-order valence-corrected chi connectivity index (χ0v) is 17.0. The molecule has 0 bridgehead atoms. The lowest BCUT2D eigenvalue weighted by atomic mass is 10.0. The standard InChI is InChI=1S/C25H33N3/c1-2-6-23(7-3-1)27-18-16-26(17-19-27)20-21-9-11-22(12-10-21)25-14-13-24-8-4-5-15-28(24)25/h1-3,6-7,9-12,24-25H,4-5,8,13-20H2. The molecular weight excluding hydrogens is 342 g/mol. The average Bonchev–Trinajstić information content (AvgIpc) is 3.20. The lowest BCUT2D eigenvalue weighted by Gasteiger charge is -2.36. The number of anilines is 1. The van der Waals surface area contributed by atoms with Crippen molar-refractivity contribution in [3.63, 3.8) is 0 Å². The molecule has 0 spiro atoms. The van der Waals surface area contributed by atoms with E-state index >= 15 is 0 Å². The summed E-state index contributed by atoms with van der Waals surface area (Å²) in [6.45, 7) is 6.94. The Balaban J connectivity index is 1.16. The van der Waals surface area contributed by atoms with Crippen LogP contribution in [0.15, 0.2) is 54.6 Å². The van der Waals surface area contributed by atoms with Gasteiger partial charge in [-0.1, -0.05) is 48.9 Å². The molecule has 2 atom stereocenters. The van der Waals surface area contributed by atoms with Crippen LogP contribution in [0.2, 0.25) is 0 Å². The van der Waals surface area contributed by atoms with Gasteiger partial charge in [0.2, 0.25) is 0 Å². The molecule has 2 unspecified atom stereocenters. The van der Waals surface area contributed by atoms with Crippen LogP contribution in [0.4, 0.5) is 5.69 Å². The van der Waals surface area contributed by atoms with Crippen LogP contribution >= 0.6 is 0 Å². The van der Waals surface area contributed by atoms with E-state index < -0.39 is 0 Å². The zero-order chi connectivity index (χ0) is 18.8. The predicted octanol–water partition coefficient (Wildman–Crippen LogP) is 4.70. The fraction of sp³-hybridized carbons (Fsp3) is 0.520. The van der Waals surface area contributed by atoms with Crippen LogP contribution in [0.1, 0.15) is 49.3 Å². The number of benzene rings is 2. The summed E-state index contributed by atoms with van der Waals surface area (Å²) in [6.07, 6.45) is 7.00. The molecule has 3 aliphatic heterocycles. The van der Waals surface area contributed by atoms with Crippen LogP contribution in [0.5, 0.6) is 0 Å². The summed E-state index contributed by atoms with van der Waals surface area (Å²) < 4.78 is 0. The Morgan fingerprint density at radius 1 is 0.714 bits per heavy atom. The Morgan fingerprint density at radius 3 is 2.29 bits per heavy atom. The number of nitrogens with zero attached hydrogens (tertiary/aromatic N) is 3. The zero-order valence-electron chi connectivity index (χ0n) is 17.0. The van der Waals surface area contributed by atoms with Gasteiger partial charge in [-0.2, -0.15) is 0 Å². The highest BCUT2D eigenvalue weighted by Crippen LogP contribution is 2.40. The third kappa shape index (κ3) is 3.83. The van der Waals surface area contributed by atoms with Crippen LogP contribution in [0.3, 0.4) is 0 Å². The van der Waals surface area contributed by atoms with Crippen molar-refractivity contribution in [2.75, 3.05) is 37.6 Å². The van der Waals surface area contributed by atoms with Crippen LogP contribution in [0.25, 0.3) is 0 Å². The van der Waals surface area contributed by atoms with Crippen molar-refractivity contribution in [3.05, 3.63) is 65.7 Å². The van der Waals surface area contributed by atoms with Crippen molar-refractivity contribution >= 4 is 5.69 Å². The molecule has 148 valence electrons. The van der Waals surface area contributed by atoms with Gasteiger partial charge >= 0.3 is 0 Å². The summed E-state index contributed by atoms with van der Waals surface area (Å²) >= 11 is 0. The minimum atomic E-state index is 0.675. The molecule has 2 aromatic carbocycles. The first kappa shape index (κ1) is 18.2. The SMILES string of the molecule is c1ccc(N2CCN(Cc3ccc(C4CCC5CCCCN54)cc3)CC2)cc1. The van der Waals surface area contributed by atoms with Gasteiger partial charge in [0, 0.05) is 50.5 Å². The quantitative estimate of drug-likeness (QED) is 0.767. The van der Waals surface area contributed by atoms with Gasteiger partial charge in [-0.25, -0.2) is 0 Å². The highest BCUT2D eigenvalue weighted by molar-refractivity contribution is 5.46. The van der Waals surface area contributed by atoms with Crippen LogP contribution in [-0.4, -0.2) is 48.6 Å². The monoisotopic (exact) mass is 375 g/mol. The minimum absolute atomic E-state index is 0.675. The molecule has 0 aromatic heterocycles. The first-order valence-corrected chi connectivity index (χ1v) is 11.2. The second kappa shape index (κ2) is 8.26. The normalized spacial score (nSPS) is 26.4. The predicted molar refractivity (Wildman–Crippen MR) is 117 cm³/mol. The van der Waals surface area contributed by atoms with Crippen molar-refractivity contribution < 1.29 is 0 Å². The molecule has 0 saturated carbocycles. The van der Waals surface area contributed by atoms with Gasteiger partial charge in [0.1, 0.15) is 0 Å². The third-order valence-electron chi connectivity index (χ3n) is 7.11. The third-order valence-corrected chi connectivity index (χ3v) is 7.11. The maximum atomic E-state index is 2.79. The first-order chi connectivity index (χ1) is 13.9. The lowest BCUT2D eigenvalue weighted by Crippen LogP contribution is -2.45. The van der Waals surface area contributed by atoms with E-state index in [1.807, 2.05) is 0 Å². The van der Waals surface area contributed by atoms with E-state index in [1.165, 1.54) is 49.9 Å². The maximum Gasteiger partial charge on any atom is 0.0367 e. The number of hydrogen-bond donors (Lipinski definition) is 0. The Kier molecular flexibility index (Phi) is 5.37. The summed E-state index contributed by atoms with van der Waals surface area (Å²) in [6, 6.07) is 22.0. The molecule has 3 nitrogen and oxygen atoms in total. The van der Waals surface area contributed by atoms with Crippen molar-refractivity contribution in [2.24, 2.45) is 0 Å². The Bertz CT molecular complexity index is 749. The average molecular weight is 376 g/mol. The van der Waals surface area contributed by atoms with Crippen LogP contribution in [-0.2, 0) is 6.54 Å². The van der Waals surface area contributed by atoms with E-state index in [4.69, 9.17) is 0 Å². The van der Waals surface area contributed by atoms with Gasteiger partial charge in [-0.3, -0.25) is 9.80 Å². The van der Waals surface area contributed by atoms with Crippen molar-refractivity contribution in [2.45, 2.75) is 50.7 Å². The molecular formula is C25H33N3. The van der Waals surface area contributed by atoms with Crippen LogP contribution < -0.4 is 4.90 Å². The van der Waals surface area contributed by atoms with E-state index in [9.17, 15) is 0 Å². The van der Waals surface area contributed by atoms with E-state index in [0.29, 0.717) is 6.04 Å². The lowest BCUT2D eigenvalue weighted by molar-refractivity contribution is 0.150. The molecule has 0 aliphatic carbocycles. The van der Waals surface area contributed by atoms with Gasteiger partial charge in [0.05, 0.1) is 0 Å². The summed E-state index contributed by atoms with van der Waals surface area (Å²) in [5, 5.41) is 0. The number of piperazine rings is 1. The molecule has 0 N–H and O–H groups in total. The highest BCUT2D eigenvalue weighted by atomic mass is 15.3. The Morgan fingerprint density at radius 2 is 1.50 bits per heavy atom. The fourth-order valence-electron chi connectivity index (χ4n) is 5.52. The van der Waals surface area contributed by atoms with Crippen molar-refractivity contribution in [1.82, 2.24) is 9.80 Å². The van der Waals surface area contributed by atoms with Crippen molar-refractivity contribution in [3.8, 4) is 0 Å². The minimum Gasteiger partial charge on any atom is -0.369 e. The first-order valence-electron chi connectivity index (χ1n) is 11.2. The van der Waals surface area contributed by atoms with Gasteiger partial charge < -0.3 is 4.90 Å². The summed E-state index contributed by atoms with van der Waals surface area (Å²) in [4.78, 5) is 7.90. The summed E-state index contributed by atoms with van der Waals surface area (Å²) in [7, 11) is 0. The molecule has 3 heteroatoms. The van der Waals surface area contributed by atoms with E-state index in [2.05, 4.69) is 69.3 Å². The second-order valence-corrected chi connectivity index (χ2v) is 8.82. The van der Waals surface area contributed by atoms with Crippen molar-refractivity contribution in [1.29, 1.82) is 0 Å². The molecule has 3 aliphatic rings. The molecule has 3 saturated heterocycles. The number of hydrogen-bond acceptors (Lipinski definition) is 3. The molecule has 3 fully saturated rings. The molecule has 2 aromatic rings. The summed E-state index contributed by atoms with van der Waals surface area (Å²) in [5.41, 5.74) is 4.37.